The van der Waals surface area contributed by atoms with Gasteiger partial charge in [-0.1, -0.05) is 0 Å². The fourth-order valence-electron chi connectivity index (χ4n) is 2.65. The molecule has 0 radical (unpaired) electrons. The van der Waals surface area contributed by atoms with Crippen LogP contribution in [0.1, 0.15) is 20.7 Å². The van der Waals surface area contributed by atoms with Gasteiger partial charge in [0.2, 0.25) is 0 Å². The van der Waals surface area contributed by atoms with Crippen LogP contribution in [0.2, 0.25) is 0 Å². The summed E-state index contributed by atoms with van der Waals surface area (Å²) < 4.78 is 5.31. The summed E-state index contributed by atoms with van der Waals surface area (Å²) in [4.78, 5) is 27.2. The van der Waals surface area contributed by atoms with Gasteiger partial charge >= 0.3 is 0 Å². The molecule has 2 amide bonds. The van der Waals surface area contributed by atoms with Crippen molar-refractivity contribution in [1.82, 2.24) is 9.80 Å². The van der Waals surface area contributed by atoms with Crippen molar-refractivity contribution >= 4 is 17.5 Å². The highest BCUT2D eigenvalue weighted by molar-refractivity contribution is 6.21. The molecule has 1 aromatic rings. The molecule has 21 heavy (non-hydrogen) atoms. The van der Waals surface area contributed by atoms with Crippen LogP contribution in [-0.4, -0.2) is 68.1 Å². The second-order valence-corrected chi connectivity index (χ2v) is 5.31. The largest absolute Gasteiger partial charge is 0.384 e. The SMILES string of the molecule is CN1C(=O)c2ccc(NCCN3CCOCC3)cc2C1=O. The molecule has 0 atom stereocenters. The van der Waals surface area contributed by atoms with Crippen LogP contribution in [0.25, 0.3) is 0 Å². The summed E-state index contributed by atoms with van der Waals surface area (Å²) in [7, 11) is 1.51. The van der Waals surface area contributed by atoms with Crippen LogP contribution in [-0.2, 0) is 4.74 Å². The number of nitrogens with one attached hydrogen (secondary N) is 1. The molecule has 0 saturated carbocycles. The molecule has 3 rings (SSSR count). The lowest BCUT2D eigenvalue weighted by molar-refractivity contribution is 0.0398. The molecular weight excluding hydrogens is 270 g/mol. The monoisotopic (exact) mass is 289 g/mol. The van der Waals surface area contributed by atoms with E-state index in [4.69, 9.17) is 4.74 Å². The summed E-state index contributed by atoms with van der Waals surface area (Å²) in [6.45, 7) is 5.25. The summed E-state index contributed by atoms with van der Waals surface area (Å²) in [6.07, 6.45) is 0. The van der Waals surface area contributed by atoms with Crippen molar-refractivity contribution in [2.75, 3.05) is 51.8 Å². The number of nitrogens with zero attached hydrogens (tertiary/aromatic N) is 2. The molecule has 6 nitrogen and oxygen atoms in total. The van der Waals surface area contributed by atoms with Gasteiger partial charge in [0.1, 0.15) is 0 Å². The number of amides is 2. The maximum absolute atomic E-state index is 11.9. The minimum atomic E-state index is -0.230. The molecule has 112 valence electrons. The van der Waals surface area contributed by atoms with Gasteiger partial charge in [-0.25, -0.2) is 0 Å². The molecule has 0 unspecified atom stereocenters. The zero-order chi connectivity index (χ0) is 14.8. The molecule has 2 heterocycles. The zero-order valence-electron chi connectivity index (χ0n) is 12.1. The van der Waals surface area contributed by atoms with Crippen LogP contribution in [0.4, 0.5) is 5.69 Å². The molecule has 0 aliphatic carbocycles. The zero-order valence-corrected chi connectivity index (χ0v) is 12.1. The molecule has 2 aliphatic rings. The molecule has 1 saturated heterocycles. The van der Waals surface area contributed by atoms with E-state index in [1.165, 1.54) is 7.05 Å². The standard InChI is InChI=1S/C15H19N3O3/c1-17-14(19)12-3-2-11(10-13(12)15(17)20)16-4-5-18-6-8-21-9-7-18/h2-3,10,16H,4-9H2,1H3. The number of imide groups is 1. The average Bonchev–Trinajstić information content (AvgIpc) is 2.73. The fraction of sp³-hybridized carbons (Fsp3) is 0.467. The Morgan fingerprint density at radius 1 is 1.14 bits per heavy atom. The number of carbonyl (C=O) groups is 2. The third-order valence-corrected chi connectivity index (χ3v) is 3.95. The molecule has 2 aliphatic heterocycles. The second kappa shape index (κ2) is 5.83. The first kappa shape index (κ1) is 14.0. The number of hydrogen-bond donors (Lipinski definition) is 1. The maximum atomic E-state index is 11.9. The van der Waals surface area contributed by atoms with Crippen molar-refractivity contribution in [3.63, 3.8) is 0 Å². The topological polar surface area (TPSA) is 61.9 Å². The Bertz CT molecular complexity index is 567. The number of benzene rings is 1. The van der Waals surface area contributed by atoms with Crippen LogP contribution in [0.3, 0.4) is 0 Å². The predicted molar refractivity (Wildman–Crippen MR) is 78.6 cm³/mol. The Morgan fingerprint density at radius 2 is 1.86 bits per heavy atom. The van der Waals surface area contributed by atoms with Gasteiger partial charge in [0.25, 0.3) is 11.8 Å². The lowest BCUT2D eigenvalue weighted by Gasteiger charge is -2.26. The number of rotatable bonds is 4. The van der Waals surface area contributed by atoms with E-state index in [0.29, 0.717) is 11.1 Å². The van der Waals surface area contributed by atoms with Crippen molar-refractivity contribution in [2.24, 2.45) is 0 Å². The molecule has 0 aromatic heterocycles. The molecule has 0 spiro atoms. The van der Waals surface area contributed by atoms with Crippen molar-refractivity contribution in [2.45, 2.75) is 0 Å². The van der Waals surface area contributed by atoms with E-state index in [-0.39, 0.29) is 11.8 Å². The quantitative estimate of drug-likeness (QED) is 0.825. The van der Waals surface area contributed by atoms with E-state index in [1.807, 2.05) is 6.07 Å². The highest BCUT2D eigenvalue weighted by Gasteiger charge is 2.32. The van der Waals surface area contributed by atoms with E-state index >= 15 is 0 Å². The normalized spacial score (nSPS) is 19.0. The van der Waals surface area contributed by atoms with E-state index in [1.54, 1.807) is 12.1 Å². The maximum Gasteiger partial charge on any atom is 0.261 e. The minimum Gasteiger partial charge on any atom is -0.384 e. The van der Waals surface area contributed by atoms with Gasteiger partial charge in [-0.05, 0) is 18.2 Å². The van der Waals surface area contributed by atoms with Crippen LogP contribution in [0, 0.1) is 0 Å². The van der Waals surface area contributed by atoms with Gasteiger partial charge in [0, 0.05) is 38.9 Å². The van der Waals surface area contributed by atoms with Crippen LogP contribution in [0.15, 0.2) is 18.2 Å². The first-order valence-electron chi connectivity index (χ1n) is 7.17. The van der Waals surface area contributed by atoms with Crippen molar-refractivity contribution < 1.29 is 14.3 Å². The number of morpholine rings is 1. The Balaban J connectivity index is 1.60. The number of carbonyl (C=O) groups excluding carboxylic acids is 2. The number of fused-ring (bicyclic) bond motifs is 1. The number of anilines is 1. The van der Waals surface area contributed by atoms with Gasteiger partial charge in [0.15, 0.2) is 0 Å². The number of ether oxygens (including phenoxy) is 1. The van der Waals surface area contributed by atoms with Crippen molar-refractivity contribution in [3.05, 3.63) is 29.3 Å². The molecule has 1 aromatic carbocycles. The van der Waals surface area contributed by atoms with Gasteiger partial charge in [-0.15, -0.1) is 0 Å². The molecule has 6 heteroatoms. The summed E-state index contributed by atoms with van der Waals surface area (Å²) in [5.74, 6) is -0.457. The lowest BCUT2D eigenvalue weighted by atomic mass is 10.1. The first-order chi connectivity index (χ1) is 10.2. The number of hydrogen-bond acceptors (Lipinski definition) is 5. The smallest absolute Gasteiger partial charge is 0.261 e. The van der Waals surface area contributed by atoms with Crippen molar-refractivity contribution in [1.29, 1.82) is 0 Å². The van der Waals surface area contributed by atoms with Gasteiger partial charge in [-0.2, -0.15) is 0 Å². The van der Waals surface area contributed by atoms with Gasteiger partial charge < -0.3 is 10.1 Å². The van der Waals surface area contributed by atoms with E-state index in [2.05, 4.69) is 10.2 Å². The Hall–Kier alpha value is -1.92. The molecular formula is C15H19N3O3. The molecule has 0 bridgehead atoms. The summed E-state index contributed by atoms with van der Waals surface area (Å²) in [5, 5.41) is 3.31. The van der Waals surface area contributed by atoms with Crippen LogP contribution >= 0.6 is 0 Å². The second-order valence-electron chi connectivity index (χ2n) is 5.31. The summed E-state index contributed by atoms with van der Waals surface area (Å²) in [6, 6.07) is 5.33. The third kappa shape index (κ3) is 2.77. The highest BCUT2D eigenvalue weighted by atomic mass is 16.5. The lowest BCUT2D eigenvalue weighted by Crippen LogP contribution is -2.39. The van der Waals surface area contributed by atoms with Gasteiger partial charge in [-0.3, -0.25) is 19.4 Å². The van der Waals surface area contributed by atoms with Crippen LogP contribution in [0.5, 0.6) is 0 Å². The average molecular weight is 289 g/mol. The fourth-order valence-corrected chi connectivity index (χ4v) is 2.65. The van der Waals surface area contributed by atoms with Crippen molar-refractivity contribution in [3.8, 4) is 0 Å². The van der Waals surface area contributed by atoms with E-state index in [0.717, 1.165) is 50.0 Å². The minimum absolute atomic E-state index is 0.227. The third-order valence-electron chi connectivity index (χ3n) is 3.95. The summed E-state index contributed by atoms with van der Waals surface area (Å²) in [5.41, 5.74) is 1.85. The predicted octanol–water partition coefficient (Wildman–Crippen LogP) is 0.656. The highest BCUT2D eigenvalue weighted by Crippen LogP contribution is 2.24. The first-order valence-corrected chi connectivity index (χ1v) is 7.17. The van der Waals surface area contributed by atoms with Crippen LogP contribution < -0.4 is 5.32 Å². The molecule has 1 fully saturated rings. The Kier molecular flexibility index (Phi) is 3.90. The summed E-state index contributed by atoms with van der Waals surface area (Å²) >= 11 is 0. The Labute approximate surface area is 123 Å². The Morgan fingerprint density at radius 3 is 2.62 bits per heavy atom. The van der Waals surface area contributed by atoms with E-state index < -0.39 is 0 Å². The van der Waals surface area contributed by atoms with E-state index in [9.17, 15) is 9.59 Å². The van der Waals surface area contributed by atoms with Gasteiger partial charge in [0.05, 0.1) is 24.3 Å². The molecule has 1 N–H and O–H groups in total.